The standard InChI is InChI=1S/C12H11N5O/c13-10-9-11(16-15-10)14-7-17(12(9)18)6-8-4-2-1-3-5-8/h1-5,13-14H,6-7H2. The van der Waals surface area contributed by atoms with E-state index in [0.29, 0.717) is 19.0 Å². The molecular formula is C12H11N5O. The highest BCUT2D eigenvalue weighted by Gasteiger charge is 2.33. The van der Waals surface area contributed by atoms with E-state index < -0.39 is 0 Å². The number of amidine groups is 1. The fourth-order valence-electron chi connectivity index (χ4n) is 1.97. The summed E-state index contributed by atoms with van der Waals surface area (Å²) in [5.74, 6) is 0.150. The molecule has 0 saturated carbocycles. The van der Waals surface area contributed by atoms with Gasteiger partial charge in [-0.15, -0.1) is 10.2 Å². The van der Waals surface area contributed by atoms with Gasteiger partial charge in [0.15, 0.2) is 11.7 Å². The molecule has 2 N–H and O–H groups in total. The Labute approximate surface area is 104 Å². The van der Waals surface area contributed by atoms with Crippen molar-refractivity contribution in [1.82, 2.24) is 10.2 Å². The number of carbonyl (C=O) groups excluding carboxylic acids is 1. The Balaban J connectivity index is 1.81. The topological polar surface area (TPSA) is 80.9 Å². The third-order valence-corrected chi connectivity index (χ3v) is 2.88. The normalized spacial score (nSPS) is 18.1. The minimum absolute atomic E-state index is 0.0692. The summed E-state index contributed by atoms with van der Waals surface area (Å²) < 4.78 is 0. The summed E-state index contributed by atoms with van der Waals surface area (Å²) in [6.07, 6.45) is 0. The first-order valence-corrected chi connectivity index (χ1v) is 5.58. The van der Waals surface area contributed by atoms with Crippen LogP contribution in [-0.2, 0) is 11.3 Å². The first-order valence-electron chi connectivity index (χ1n) is 5.58. The van der Waals surface area contributed by atoms with E-state index in [4.69, 9.17) is 5.41 Å². The van der Waals surface area contributed by atoms with Gasteiger partial charge in [-0.05, 0) is 5.56 Å². The van der Waals surface area contributed by atoms with Gasteiger partial charge in [-0.25, -0.2) is 0 Å². The van der Waals surface area contributed by atoms with Crippen LogP contribution >= 0.6 is 0 Å². The first-order chi connectivity index (χ1) is 8.75. The van der Waals surface area contributed by atoms with Crippen LogP contribution in [0.15, 0.2) is 52.0 Å². The third-order valence-electron chi connectivity index (χ3n) is 2.88. The van der Waals surface area contributed by atoms with Gasteiger partial charge in [-0.3, -0.25) is 10.2 Å². The van der Waals surface area contributed by atoms with Crippen LogP contribution in [0.5, 0.6) is 0 Å². The van der Waals surface area contributed by atoms with Crippen LogP contribution in [0.2, 0.25) is 0 Å². The smallest absolute Gasteiger partial charge is 0.263 e. The lowest BCUT2D eigenvalue weighted by atomic mass is 10.1. The zero-order chi connectivity index (χ0) is 12.5. The van der Waals surface area contributed by atoms with Crippen LogP contribution in [0, 0.1) is 5.41 Å². The number of benzene rings is 1. The van der Waals surface area contributed by atoms with Gasteiger partial charge in [0.1, 0.15) is 5.57 Å². The van der Waals surface area contributed by atoms with Crippen molar-refractivity contribution in [2.24, 2.45) is 10.2 Å². The molecule has 2 aliphatic heterocycles. The van der Waals surface area contributed by atoms with E-state index in [9.17, 15) is 4.79 Å². The predicted molar refractivity (Wildman–Crippen MR) is 64.6 cm³/mol. The van der Waals surface area contributed by atoms with E-state index in [0.717, 1.165) is 5.56 Å². The molecule has 1 aromatic carbocycles. The quantitative estimate of drug-likeness (QED) is 0.816. The van der Waals surface area contributed by atoms with Gasteiger partial charge >= 0.3 is 0 Å². The van der Waals surface area contributed by atoms with E-state index in [-0.39, 0.29) is 17.3 Å². The van der Waals surface area contributed by atoms with Crippen LogP contribution in [0.1, 0.15) is 5.56 Å². The SMILES string of the molecule is N=C1N=NC2=C1C(=O)N(Cc1ccccc1)CN2. The molecule has 0 fully saturated rings. The summed E-state index contributed by atoms with van der Waals surface area (Å²) in [7, 11) is 0. The van der Waals surface area contributed by atoms with Crippen molar-refractivity contribution in [3.63, 3.8) is 0 Å². The van der Waals surface area contributed by atoms with Crippen molar-refractivity contribution in [3.8, 4) is 0 Å². The average Bonchev–Trinajstić information content (AvgIpc) is 2.77. The maximum absolute atomic E-state index is 12.2. The van der Waals surface area contributed by atoms with Crippen LogP contribution in [0.4, 0.5) is 0 Å². The largest absolute Gasteiger partial charge is 0.350 e. The van der Waals surface area contributed by atoms with E-state index in [1.807, 2.05) is 30.3 Å². The van der Waals surface area contributed by atoms with Gasteiger partial charge in [0.05, 0.1) is 6.67 Å². The maximum Gasteiger partial charge on any atom is 0.263 e. The Morgan fingerprint density at radius 3 is 2.83 bits per heavy atom. The second kappa shape index (κ2) is 4.06. The van der Waals surface area contributed by atoms with Gasteiger partial charge in [-0.1, -0.05) is 30.3 Å². The molecule has 0 unspecified atom stereocenters. The zero-order valence-corrected chi connectivity index (χ0v) is 9.55. The number of hydrogen-bond acceptors (Lipinski definition) is 4. The fraction of sp³-hybridized carbons (Fsp3) is 0.167. The number of nitrogens with zero attached hydrogens (tertiary/aromatic N) is 3. The molecule has 0 spiro atoms. The van der Waals surface area contributed by atoms with Crippen LogP contribution in [-0.4, -0.2) is 23.3 Å². The predicted octanol–water partition coefficient (Wildman–Crippen LogP) is 1.23. The molecule has 90 valence electrons. The monoisotopic (exact) mass is 241 g/mol. The molecule has 6 heteroatoms. The van der Waals surface area contributed by atoms with Crippen LogP contribution < -0.4 is 5.32 Å². The van der Waals surface area contributed by atoms with Crippen molar-refractivity contribution in [2.45, 2.75) is 6.54 Å². The van der Waals surface area contributed by atoms with Crippen molar-refractivity contribution in [2.75, 3.05) is 6.67 Å². The zero-order valence-electron chi connectivity index (χ0n) is 9.55. The fourth-order valence-corrected chi connectivity index (χ4v) is 1.97. The molecule has 18 heavy (non-hydrogen) atoms. The van der Waals surface area contributed by atoms with Gasteiger partial charge in [0.25, 0.3) is 5.91 Å². The molecule has 0 aromatic heterocycles. The Morgan fingerprint density at radius 2 is 2.06 bits per heavy atom. The number of rotatable bonds is 2. The minimum Gasteiger partial charge on any atom is -0.350 e. The molecule has 1 aromatic rings. The summed E-state index contributed by atoms with van der Waals surface area (Å²) >= 11 is 0. The maximum atomic E-state index is 12.2. The number of hydrogen-bond donors (Lipinski definition) is 2. The lowest BCUT2D eigenvalue weighted by Crippen LogP contribution is -2.44. The molecule has 2 aliphatic rings. The molecule has 6 nitrogen and oxygen atoms in total. The van der Waals surface area contributed by atoms with E-state index >= 15 is 0 Å². The Kier molecular flexibility index (Phi) is 2.40. The van der Waals surface area contributed by atoms with Gasteiger partial charge in [-0.2, -0.15) is 0 Å². The summed E-state index contributed by atoms with van der Waals surface area (Å²) in [6.45, 7) is 0.898. The number of azo groups is 1. The lowest BCUT2D eigenvalue weighted by Gasteiger charge is -2.27. The van der Waals surface area contributed by atoms with Gasteiger partial charge in [0.2, 0.25) is 0 Å². The van der Waals surface area contributed by atoms with Crippen molar-refractivity contribution in [3.05, 3.63) is 47.3 Å². The molecular weight excluding hydrogens is 230 g/mol. The number of carbonyl (C=O) groups is 1. The Morgan fingerprint density at radius 1 is 1.28 bits per heavy atom. The highest BCUT2D eigenvalue weighted by Crippen LogP contribution is 2.21. The van der Waals surface area contributed by atoms with Crippen molar-refractivity contribution >= 4 is 11.7 Å². The summed E-state index contributed by atoms with van der Waals surface area (Å²) in [6, 6.07) is 9.73. The molecule has 0 bridgehead atoms. The molecule has 0 saturated heterocycles. The van der Waals surface area contributed by atoms with E-state index in [1.54, 1.807) is 4.90 Å². The Hall–Kier alpha value is -2.50. The molecule has 3 rings (SSSR count). The number of amides is 1. The van der Waals surface area contributed by atoms with Crippen LogP contribution in [0.25, 0.3) is 0 Å². The first kappa shape index (κ1) is 10.6. The third kappa shape index (κ3) is 1.67. The second-order valence-corrected chi connectivity index (χ2v) is 4.10. The van der Waals surface area contributed by atoms with Gasteiger partial charge in [0, 0.05) is 6.54 Å². The molecule has 0 atom stereocenters. The van der Waals surface area contributed by atoms with Crippen molar-refractivity contribution in [1.29, 1.82) is 5.41 Å². The van der Waals surface area contributed by atoms with Crippen molar-refractivity contribution < 1.29 is 4.79 Å². The highest BCUT2D eigenvalue weighted by atomic mass is 16.2. The molecule has 1 amide bonds. The van der Waals surface area contributed by atoms with Gasteiger partial charge < -0.3 is 10.2 Å². The minimum atomic E-state index is -0.192. The molecule has 2 heterocycles. The molecule has 0 radical (unpaired) electrons. The summed E-state index contributed by atoms with van der Waals surface area (Å²) in [4.78, 5) is 13.8. The molecule has 0 aliphatic carbocycles. The average molecular weight is 241 g/mol. The summed E-state index contributed by atoms with van der Waals surface area (Å²) in [5, 5.41) is 17.9. The lowest BCUT2D eigenvalue weighted by molar-refractivity contribution is -0.128. The second-order valence-electron chi connectivity index (χ2n) is 4.10. The number of nitrogens with one attached hydrogen (secondary N) is 2. The van der Waals surface area contributed by atoms with Crippen LogP contribution in [0.3, 0.4) is 0 Å². The summed E-state index contributed by atoms with van der Waals surface area (Å²) in [5.41, 5.74) is 1.31. The highest BCUT2D eigenvalue weighted by molar-refractivity contribution is 6.21. The van der Waals surface area contributed by atoms with E-state index in [2.05, 4.69) is 15.5 Å². The van der Waals surface area contributed by atoms with E-state index in [1.165, 1.54) is 0 Å². The Bertz CT molecular complexity index is 575.